The fourth-order valence-corrected chi connectivity index (χ4v) is 5.13. The van der Waals surface area contributed by atoms with E-state index in [1.54, 1.807) is 0 Å². The first-order valence-electron chi connectivity index (χ1n) is 18.3. The van der Waals surface area contributed by atoms with Gasteiger partial charge in [-0.3, -0.25) is 9.59 Å². The summed E-state index contributed by atoms with van der Waals surface area (Å²) < 4.78 is 16.0. The second kappa shape index (κ2) is 33.1. The predicted octanol–water partition coefficient (Wildman–Crippen LogP) is 10.3. The summed E-state index contributed by atoms with van der Waals surface area (Å²) in [6.45, 7) is 7.44. The molecule has 0 fully saturated rings. The number of ether oxygens (including phenoxy) is 3. The Labute approximate surface area is 265 Å². The third-order valence-corrected chi connectivity index (χ3v) is 7.91. The standard InChI is InChI=1S/C36H69NO6/c1-4-7-9-11-13-15-17-19-21-23-25-27-34(38)41-32-29-37(36(40)43-31-6-3)30-33-42-35(39)28-26-24-22-20-18-16-14-12-10-8-5-2/h4-33H2,1-3H3. The summed E-state index contributed by atoms with van der Waals surface area (Å²) >= 11 is 0. The lowest BCUT2D eigenvalue weighted by Crippen LogP contribution is -2.38. The number of hydrogen-bond donors (Lipinski definition) is 0. The normalized spacial score (nSPS) is 11.0. The molecule has 254 valence electrons. The maximum absolute atomic E-state index is 12.4. The summed E-state index contributed by atoms with van der Waals surface area (Å²) in [4.78, 5) is 38.2. The number of esters is 2. The van der Waals surface area contributed by atoms with E-state index in [4.69, 9.17) is 14.2 Å². The van der Waals surface area contributed by atoms with Gasteiger partial charge in [-0.2, -0.15) is 0 Å². The van der Waals surface area contributed by atoms with Gasteiger partial charge in [-0.15, -0.1) is 0 Å². The molecule has 0 spiro atoms. The van der Waals surface area contributed by atoms with Crippen LogP contribution in [0.25, 0.3) is 0 Å². The Morgan fingerprint density at radius 2 is 0.721 bits per heavy atom. The highest BCUT2D eigenvalue weighted by atomic mass is 16.6. The van der Waals surface area contributed by atoms with Gasteiger partial charge >= 0.3 is 18.0 Å². The highest BCUT2D eigenvalue weighted by molar-refractivity contribution is 5.70. The Balaban J connectivity index is 3.95. The number of amides is 1. The molecule has 0 aromatic carbocycles. The minimum atomic E-state index is -0.468. The van der Waals surface area contributed by atoms with Crippen LogP contribution in [0, 0.1) is 0 Å². The van der Waals surface area contributed by atoms with Crippen LogP contribution < -0.4 is 0 Å². The molecule has 0 rings (SSSR count). The van der Waals surface area contributed by atoms with Gasteiger partial charge in [0.15, 0.2) is 0 Å². The van der Waals surface area contributed by atoms with Crippen LogP contribution in [0.1, 0.15) is 181 Å². The van der Waals surface area contributed by atoms with Crippen LogP contribution in [0.4, 0.5) is 4.79 Å². The van der Waals surface area contributed by atoms with E-state index in [-0.39, 0.29) is 38.2 Å². The lowest BCUT2D eigenvalue weighted by Gasteiger charge is -2.21. The van der Waals surface area contributed by atoms with Crippen LogP contribution in [0.3, 0.4) is 0 Å². The zero-order valence-corrected chi connectivity index (χ0v) is 28.6. The van der Waals surface area contributed by atoms with E-state index in [2.05, 4.69) is 13.8 Å². The molecule has 0 saturated heterocycles. The largest absolute Gasteiger partial charge is 0.464 e. The second-order valence-electron chi connectivity index (χ2n) is 12.1. The molecule has 0 aliphatic heterocycles. The monoisotopic (exact) mass is 612 g/mol. The summed E-state index contributed by atoms with van der Waals surface area (Å²) in [5, 5.41) is 0. The molecule has 0 N–H and O–H groups in total. The second-order valence-corrected chi connectivity index (χ2v) is 12.1. The molecule has 0 aliphatic rings. The van der Waals surface area contributed by atoms with E-state index >= 15 is 0 Å². The highest BCUT2D eigenvalue weighted by Crippen LogP contribution is 2.13. The quantitative estimate of drug-likeness (QED) is 0.0427. The van der Waals surface area contributed by atoms with E-state index in [1.165, 1.54) is 108 Å². The van der Waals surface area contributed by atoms with E-state index in [0.717, 1.165) is 44.9 Å². The number of carbonyl (C=O) groups excluding carboxylic acids is 3. The van der Waals surface area contributed by atoms with E-state index < -0.39 is 6.09 Å². The van der Waals surface area contributed by atoms with Crippen molar-refractivity contribution in [2.24, 2.45) is 0 Å². The van der Waals surface area contributed by atoms with Gasteiger partial charge in [0, 0.05) is 12.8 Å². The molecule has 0 aromatic heterocycles. The van der Waals surface area contributed by atoms with Gasteiger partial charge in [0.2, 0.25) is 0 Å². The Hall–Kier alpha value is -1.79. The SMILES string of the molecule is CCCCCCCCCCCCCC(=O)OCCN(CCOC(=O)CCCCCCCCCCCCC)C(=O)OCCC. The average Bonchev–Trinajstić information content (AvgIpc) is 3.00. The van der Waals surface area contributed by atoms with Crippen molar-refractivity contribution in [1.82, 2.24) is 4.90 Å². The number of carbonyl (C=O) groups is 3. The Kier molecular flexibility index (Phi) is 31.7. The molecular weight excluding hydrogens is 542 g/mol. The molecule has 0 bridgehead atoms. The van der Waals surface area contributed by atoms with E-state index in [1.807, 2.05) is 6.92 Å². The van der Waals surface area contributed by atoms with Gasteiger partial charge in [0.1, 0.15) is 13.2 Å². The first kappa shape index (κ1) is 41.2. The van der Waals surface area contributed by atoms with Gasteiger partial charge in [-0.05, 0) is 19.3 Å². The smallest absolute Gasteiger partial charge is 0.409 e. The van der Waals surface area contributed by atoms with Gasteiger partial charge < -0.3 is 19.1 Å². The number of hydrogen-bond acceptors (Lipinski definition) is 6. The maximum atomic E-state index is 12.4. The van der Waals surface area contributed by atoms with Crippen LogP contribution in [0.5, 0.6) is 0 Å². The average molecular weight is 612 g/mol. The zero-order chi connectivity index (χ0) is 31.6. The summed E-state index contributed by atoms with van der Waals surface area (Å²) in [5.74, 6) is -0.451. The molecule has 7 nitrogen and oxygen atoms in total. The lowest BCUT2D eigenvalue weighted by atomic mass is 10.1. The van der Waals surface area contributed by atoms with Crippen molar-refractivity contribution in [3.05, 3.63) is 0 Å². The van der Waals surface area contributed by atoms with Crippen LogP contribution in [-0.4, -0.2) is 55.8 Å². The van der Waals surface area contributed by atoms with E-state index in [9.17, 15) is 14.4 Å². The van der Waals surface area contributed by atoms with Crippen molar-refractivity contribution in [1.29, 1.82) is 0 Å². The van der Waals surface area contributed by atoms with Crippen LogP contribution in [0.2, 0.25) is 0 Å². The molecule has 0 saturated carbocycles. The molecule has 0 aromatic rings. The maximum Gasteiger partial charge on any atom is 0.409 e. The Bertz CT molecular complexity index is 597. The van der Waals surface area contributed by atoms with Crippen molar-refractivity contribution in [2.45, 2.75) is 181 Å². The topological polar surface area (TPSA) is 82.1 Å². The summed E-state index contributed by atoms with van der Waals surface area (Å²) in [5.41, 5.74) is 0. The molecular formula is C36H69NO6. The minimum Gasteiger partial charge on any atom is -0.464 e. The number of nitrogens with zero attached hydrogens (tertiary/aromatic N) is 1. The van der Waals surface area contributed by atoms with Gasteiger partial charge in [0.05, 0.1) is 19.7 Å². The molecule has 0 unspecified atom stereocenters. The Morgan fingerprint density at radius 3 is 1.05 bits per heavy atom. The number of rotatable bonds is 32. The lowest BCUT2D eigenvalue weighted by molar-refractivity contribution is -0.144. The van der Waals surface area contributed by atoms with Gasteiger partial charge in [-0.1, -0.05) is 149 Å². The van der Waals surface area contributed by atoms with Crippen molar-refractivity contribution in [3.8, 4) is 0 Å². The van der Waals surface area contributed by atoms with Crippen LogP contribution in [-0.2, 0) is 23.8 Å². The van der Waals surface area contributed by atoms with Gasteiger partial charge in [-0.25, -0.2) is 4.79 Å². The molecule has 1 amide bonds. The molecule has 0 heterocycles. The minimum absolute atomic E-state index is 0.116. The number of unbranched alkanes of at least 4 members (excludes halogenated alkanes) is 20. The predicted molar refractivity (Wildman–Crippen MR) is 177 cm³/mol. The van der Waals surface area contributed by atoms with Gasteiger partial charge in [0.25, 0.3) is 0 Å². The van der Waals surface area contributed by atoms with Crippen LogP contribution in [0.15, 0.2) is 0 Å². The Morgan fingerprint density at radius 1 is 0.395 bits per heavy atom. The third-order valence-electron chi connectivity index (χ3n) is 7.91. The molecule has 0 atom stereocenters. The van der Waals surface area contributed by atoms with Crippen molar-refractivity contribution < 1.29 is 28.6 Å². The molecule has 0 radical (unpaired) electrons. The summed E-state index contributed by atoms with van der Waals surface area (Å²) in [7, 11) is 0. The van der Waals surface area contributed by atoms with Crippen molar-refractivity contribution in [2.75, 3.05) is 32.9 Å². The highest BCUT2D eigenvalue weighted by Gasteiger charge is 2.16. The zero-order valence-electron chi connectivity index (χ0n) is 28.6. The first-order valence-corrected chi connectivity index (χ1v) is 18.3. The van der Waals surface area contributed by atoms with E-state index in [0.29, 0.717) is 19.4 Å². The fourth-order valence-electron chi connectivity index (χ4n) is 5.13. The summed E-state index contributed by atoms with van der Waals surface area (Å²) in [6, 6.07) is 0. The fraction of sp³-hybridized carbons (Fsp3) is 0.917. The van der Waals surface area contributed by atoms with Crippen molar-refractivity contribution >= 4 is 18.0 Å². The molecule has 7 heteroatoms. The first-order chi connectivity index (χ1) is 21.0. The van der Waals surface area contributed by atoms with Crippen molar-refractivity contribution in [3.63, 3.8) is 0 Å². The summed E-state index contributed by atoms with van der Waals surface area (Å²) in [6.07, 6.45) is 28.3. The van der Waals surface area contributed by atoms with Crippen LogP contribution >= 0.6 is 0 Å². The third kappa shape index (κ3) is 30.0. The molecule has 43 heavy (non-hydrogen) atoms. The molecule has 0 aliphatic carbocycles.